The van der Waals surface area contributed by atoms with Crippen LogP contribution in [-0.2, 0) is 17.2 Å². The van der Waals surface area contributed by atoms with E-state index in [1.165, 1.54) is 11.1 Å². The maximum Gasteiger partial charge on any atom is 0.0306 e. The lowest BCUT2D eigenvalue weighted by Crippen LogP contribution is -2.23. The third-order valence-corrected chi connectivity index (χ3v) is 4.44. The van der Waals surface area contributed by atoms with Crippen molar-refractivity contribution in [3.05, 3.63) is 35.4 Å². The van der Waals surface area contributed by atoms with E-state index >= 15 is 0 Å². The van der Waals surface area contributed by atoms with E-state index in [9.17, 15) is 4.21 Å². The molecule has 2 nitrogen and oxygen atoms in total. The Hall–Kier alpha value is -0.670. The fourth-order valence-corrected chi connectivity index (χ4v) is 3.46. The van der Waals surface area contributed by atoms with E-state index in [-0.39, 0.29) is 0 Å². The molecule has 2 rings (SSSR count). The molecule has 0 aliphatic heterocycles. The Labute approximate surface area is 93.3 Å². The topological polar surface area (TPSA) is 43.1 Å². The lowest BCUT2D eigenvalue weighted by molar-refractivity contribution is 0.643. The second-order valence-electron chi connectivity index (χ2n) is 4.05. The zero-order valence-electron chi connectivity index (χ0n) is 8.82. The summed E-state index contributed by atoms with van der Waals surface area (Å²) in [4.78, 5) is 0. The van der Waals surface area contributed by atoms with Crippen molar-refractivity contribution >= 4 is 10.8 Å². The van der Waals surface area contributed by atoms with E-state index in [0.29, 0.717) is 12.5 Å². The van der Waals surface area contributed by atoms with E-state index in [1.54, 1.807) is 0 Å². The van der Waals surface area contributed by atoms with Crippen LogP contribution in [0.3, 0.4) is 0 Å². The molecule has 15 heavy (non-hydrogen) atoms. The Bertz CT molecular complexity index is 364. The molecule has 1 aliphatic rings. The van der Waals surface area contributed by atoms with Crippen molar-refractivity contribution in [2.75, 3.05) is 18.1 Å². The first-order valence-corrected chi connectivity index (χ1v) is 6.93. The van der Waals surface area contributed by atoms with Gasteiger partial charge in [0.15, 0.2) is 0 Å². The summed E-state index contributed by atoms with van der Waals surface area (Å²) in [6.45, 7) is 0.646. The molecule has 0 amide bonds. The molecule has 0 saturated carbocycles. The molecule has 2 atom stereocenters. The molecule has 1 aromatic rings. The summed E-state index contributed by atoms with van der Waals surface area (Å²) in [6, 6.07) is 8.45. The minimum absolute atomic E-state index is 0.528. The van der Waals surface area contributed by atoms with Gasteiger partial charge in [-0.1, -0.05) is 24.3 Å². The summed E-state index contributed by atoms with van der Waals surface area (Å²) in [6.07, 6.45) is 1.98. The number of hydrogen-bond donors (Lipinski definition) is 1. The van der Waals surface area contributed by atoms with Crippen LogP contribution in [0.1, 0.15) is 23.5 Å². The van der Waals surface area contributed by atoms with Gasteiger partial charge in [0.2, 0.25) is 0 Å². The predicted octanol–water partition coefficient (Wildman–Crippen LogP) is 1.42. The Balaban J connectivity index is 1.87. The van der Waals surface area contributed by atoms with E-state index in [2.05, 4.69) is 24.3 Å². The summed E-state index contributed by atoms with van der Waals surface area (Å²) < 4.78 is 11.7. The first kappa shape index (κ1) is 10.8. The number of benzene rings is 1. The minimum atomic E-state index is -0.686. The SMILES string of the molecule is NCCCS(=O)CC1Cc2ccccc21. The number of nitrogens with two attached hydrogens (primary N) is 1. The van der Waals surface area contributed by atoms with Crippen LogP contribution in [0.25, 0.3) is 0 Å². The summed E-state index contributed by atoms with van der Waals surface area (Å²) in [7, 11) is -0.686. The van der Waals surface area contributed by atoms with Crippen LogP contribution >= 0.6 is 0 Å². The van der Waals surface area contributed by atoms with Gasteiger partial charge < -0.3 is 5.73 Å². The summed E-state index contributed by atoms with van der Waals surface area (Å²) in [5.74, 6) is 2.10. The molecule has 1 aromatic carbocycles. The van der Waals surface area contributed by atoms with Crippen LogP contribution in [0.2, 0.25) is 0 Å². The molecule has 2 N–H and O–H groups in total. The summed E-state index contributed by atoms with van der Waals surface area (Å²) >= 11 is 0. The van der Waals surface area contributed by atoms with Gasteiger partial charge in [-0.2, -0.15) is 0 Å². The van der Waals surface area contributed by atoms with Gasteiger partial charge in [0.05, 0.1) is 0 Å². The quantitative estimate of drug-likeness (QED) is 0.820. The highest BCUT2D eigenvalue weighted by Crippen LogP contribution is 2.35. The standard InChI is InChI=1S/C12H17NOS/c13-6-3-7-15(14)9-11-8-10-4-1-2-5-12(10)11/h1-2,4-5,11H,3,6-9,13H2. The third-order valence-electron chi connectivity index (χ3n) is 2.92. The predicted molar refractivity (Wildman–Crippen MR) is 64.4 cm³/mol. The fraction of sp³-hybridized carbons (Fsp3) is 0.500. The van der Waals surface area contributed by atoms with Crippen molar-refractivity contribution in [3.63, 3.8) is 0 Å². The molecule has 2 unspecified atom stereocenters. The highest BCUT2D eigenvalue weighted by atomic mass is 32.2. The summed E-state index contributed by atoms with van der Waals surface area (Å²) in [5, 5.41) is 0. The van der Waals surface area contributed by atoms with Crippen molar-refractivity contribution in [2.45, 2.75) is 18.8 Å². The number of rotatable bonds is 5. The fourth-order valence-electron chi connectivity index (χ4n) is 2.06. The zero-order chi connectivity index (χ0) is 10.7. The zero-order valence-corrected chi connectivity index (χ0v) is 9.63. The first-order valence-electron chi connectivity index (χ1n) is 5.44. The molecule has 0 bridgehead atoms. The second kappa shape index (κ2) is 4.90. The average Bonchev–Trinajstić information content (AvgIpc) is 2.23. The summed E-state index contributed by atoms with van der Waals surface area (Å²) in [5.41, 5.74) is 8.23. The van der Waals surface area contributed by atoms with Gasteiger partial charge in [-0.05, 0) is 36.4 Å². The van der Waals surface area contributed by atoms with E-state index in [4.69, 9.17) is 5.73 Å². The Morgan fingerprint density at radius 1 is 1.40 bits per heavy atom. The third kappa shape index (κ3) is 2.47. The van der Waals surface area contributed by atoms with Gasteiger partial charge in [0.25, 0.3) is 0 Å². The maximum absolute atomic E-state index is 11.7. The lowest BCUT2D eigenvalue weighted by atomic mass is 9.79. The normalized spacial score (nSPS) is 20.5. The van der Waals surface area contributed by atoms with Crippen LogP contribution < -0.4 is 5.73 Å². The molecular formula is C12H17NOS. The highest BCUT2D eigenvalue weighted by molar-refractivity contribution is 7.85. The molecule has 0 fully saturated rings. The molecule has 0 heterocycles. The molecule has 0 aromatic heterocycles. The van der Waals surface area contributed by atoms with Gasteiger partial charge in [-0.15, -0.1) is 0 Å². The highest BCUT2D eigenvalue weighted by Gasteiger charge is 2.26. The number of hydrogen-bond acceptors (Lipinski definition) is 2. The molecule has 0 saturated heterocycles. The maximum atomic E-state index is 11.7. The number of fused-ring (bicyclic) bond motifs is 1. The Morgan fingerprint density at radius 3 is 2.93 bits per heavy atom. The van der Waals surface area contributed by atoms with Crippen molar-refractivity contribution in [3.8, 4) is 0 Å². The second-order valence-corrected chi connectivity index (χ2v) is 5.67. The van der Waals surface area contributed by atoms with Crippen LogP contribution in [0.4, 0.5) is 0 Å². The van der Waals surface area contributed by atoms with E-state index < -0.39 is 10.8 Å². The molecular weight excluding hydrogens is 206 g/mol. The minimum Gasteiger partial charge on any atom is -0.330 e. The van der Waals surface area contributed by atoms with Crippen molar-refractivity contribution < 1.29 is 4.21 Å². The Kier molecular flexibility index (Phi) is 3.54. The Morgan fingerprint density at radius 2 is 2.20 bits per heavy atom. The van der Waals surface area contributed by atoms with Gasteiger partial charge in [0.1, 0.15) is 0 Å². The smallest absolute Gasteiger partial charge is 0.0306 e. The van der Waals surface area contributed by atoms with E-state index in [0.717, 1.165) is 24.3 Å². The van der Waals surface area contributed by atoms with Crippen LogP contribution in [0.15, 0.2) is 24.3 Å². The van der Waals surface area contributed by atoms with Crippen molar-refractivity contribution in [2.24, 2.45) is 5.73 Å². The first-order chi connectivity index (χ1) is 7.31. The molecule has 3 heteroatoms. The molecule has 0 radical (unpaired) electrons. The van der Waals surface area contributed by atoms with Crippen LogP contribution in [0.5, 0.6) is 0 Å². The molecule has 0 spiro atoms. The molecule has 1 aliphatic carbocycles. The van der Waals surface area contributed by atoms with E-state index in [1.807, 2.05) is 0 Å². The van der Waals surface area contributed by atoms with Gasteiger partial charge in [-0.3, -0.25) is 4.21 Å². The van der Waals surface area contributed by atoms with Gasteiger partial charge in [-0.25, -0.2) is 0 Å². The largest absolute Gasteiger partial charge is 0.330 e. The van der Waals surface area contributed by atoms with Gasteiger partial charge in [0, 0.05) is 22.3 Å². The lowest BCUT2D eigenvalue weighted by Gasteiger charge is -2.29. The van der Waals surface area contributed by atoms with Gasteiger partial charge >= 0.3 is 0 Å². The molecule has 82 valence electrons. The van der Waals surface area contributed by atoms with Crippen molar-refractivity contribution in [1.29, 1.82) is 0 Å². The average molecular weight is 223 g/mol. The van der Waals surface area contributed by atoms with Crippen LogP contribution in [0, 0.1) is 0 Å². The van der Waals surface area contributed by atoms with Crippen molar-refractivity contribution in [1.82, 2.24) is 0 Å². The van der Waals surface area contributed by atoms with Crippen LogP contribution in [-0.4, -0.2) is 22.3 Å². The monoisotopic (exact) mass is 223 g/mol.